The Bertz CT molecular complexity index is 1250. The van der Waals surface area contributed by atoms with Crippen LogP contribution in [0.2, 0.25) is 0 Å². The molecule has 5 N–H and O–H groups in total. The molecule has 1 aromatic carbocycles. The van der Waals surface area contributed by atoms with Gasteiger partial charge in [0.05, 0.1) is 23.8 Å². The number of fused-ring (bicyclic) bond motifs is 3. The number of anilines is 1. The van der Waals surface area contributed by atoms with Crippen LogP contribution >= 0.6 is 0 Å². The minimum Gasteiger partial charge on any atom is -0.505 e. The molecule has 0 aliphatic heterocycles. The molecule has 2 unspecified atom stereocenters. The third-order valence-corrected chi connectivity index (χ3v) is 8.03. The van der Waals surface area contributed by atoms with Crippen LogP contribution in [0, 0.1) is 23.7 Å². The molecule has 0 heterocycles. The van der Waals surface area contributed by atoms with Crippen LogP contribution in [0.15, 0.2) is 6.07 Å². The van der Waals surface area contributed by atoms with E-state index < -0.39 is 76.6 Å². The van der Waals surface area contributed by atoms with E-state index in [1.165, 1.54) is 0 Å². The molecule has 0 radical (unpaired) electrons. The van der Waals surface area contributed by atoms with Gasteiger partial charge in [-0.1, -0.05) is 27.2 Å². The van der Waals surface area contributed by atoms with E-state index in [1.807, 2.05) is 20.8 Å². The second-order valence-corrected chi connectivity index (χ2v) is 10.7. The van der Waals surface area contributed by atoms with E-state index in [0.29, 0.717) is 17.5 Å². The van der Waals surface area contributed by atoms with Crippen LogP contribution in [-0.2, 0) is 30.3 Å². The van der Waals surface area contributed by atoms with Gasteiger partial charge in [-0.25, -0.2) is 4.79 Å². The van der Waals surface area contributed by atoms with Crippen molar-refractivity contribution >= 4 is 40.8 Å². The number of unbranched alkanes of at least 4 members (excludes halogenated alkanes) is 1. The molecule has 1 aromatic rings. The number of rotatable bonds is 6. The van der Waals surface area contributed by atoms with Gasteiger partial charge in [-0.3, -0.25) is 29.3 Å². The number of phenols is 1. The van der Waals surface area contributed by atoms with E-state index in [2.05, 4.69) is 5.32 Å². The summed E-state index contributed by atoms with van der Waals surface area (Å²) in [7, 11) is 0. The van der Waals surface area contributed by atoms with Crippen LogP contribution in [0.25, 0.3) is 0 Å². The lowest BCUT2D eigenvalue weighted by Gasteiger charge is -2.48. The Balaban J connectivity index is 1.76. The number of Topliss-reactive ketones (excluding diaryl/α,β-unsaturated/α-hetero) is 4. The number of aromatic hydroxyl groups is 1. The molecule has 0 bridgehead atoms. The topological polar surface area (TPSA) is 190 Å². The monoisotopic (exact) mass is 528 g/mol. The van der Waals surface area contributed by atoms with Gasteiger partial charge in [0.15, 0.2) is 34.7 Å². The number of aliphatic hydroxyl groups is 1. The van der Waals surface area contributed by atoms with Gasteiger partial charge in [-0.05, 0) is 48.3 Å². The number of phenolic OH excluding ortho intramolecular Hbond substituents is 1. The number of carbonyl (C=O) groups is 6. The van der Waals surface area contributed by atoms with Crippen LogP contribution in [0.5, 0.6) is 5.75 Å². The number of carbonyl (C=O) groups excluding carboxylic acids is 6. The van der Waals surface area contributed by atoms with Gasteiger partial charge >= 0.3 is 6.09 Å². The summed E-state index contributed by atoms with van der Waals surface area (Å²) in [5.41, 5.74) is 3.45. The smallest absolute Gasteiger partial charge is 0.411 e. The summed E-state index contributed by atoms with van der Waals surface area (Å²) in [6.07, 6.45) is 0.443. The summed E-state index contributed by atoms with van der Waals surface area (Å²) in [5.74, 6) is -11.0. The molecule has 0 spiro atoms. The Kier molecular flexibility index (Phi) is 7.17. The lowest BCUT2D eigenvalue weighted by Crippen LogP contribution is -2.68. The number of primary amides is 1. The largest absolute Gasteiger partial charge is 0.505 e. The van der Waals surface area contributed by atoms with E-state index in [1.54, 1.807) is 6.07 Å². The van der Waals surface area contributed by atoms with Crippen molar-refractivity contribution in [3.05, 3.63) is 22.8 Å². The lowest BCUT2D eigenvalue weighted by atomic mass is 9.53. The molecule has 2 amide bonds. The highest BCUT2D eigenvalue weighted by atomic mass is 16.5. The van der Waals surface area contributed by atoms with Gasteiger partial charge in [0.1, 0.15) is 5.75 Å². The molecule has 38 heavy (non-hydrogen) atoms. The first kappa shape index (κ1) is 27.4. The summed E-state index contributed by atoms with van der Waals surface area (Å²) in [4.78, 5) is 77.0. The molecule has 5 atom stereocenters. The fourth-order valence-corrected chi connectivity index (χ4v) is 6.13. The third kappa shape index (κ3) is 4.18. The molecule has 3 aliphatic carbocycles. The zero-order chi connectivity index (χ0) is 28.1. The standard InChI is InChI=1S/C27H32N2O9/c1-4-5-6-38-26(36)29-16-10-14(11(2)3)15-8-12-7-13-9-17(30)20(25(28)35)24(34)27(13,37)23(33)18(12)22(32)19(15)21(16)31/h10-13,18,20,31,37H,4-9H2,1-3H3,(H2,28,35)(H,29,36)/t12-,13+,18?,20?,27+/m1/s1. The van der Waals surface area contributed by atoms with Gasteiger partial charge in [-0.2, -0.15) is 0 Å². The van der Waals surface area contributed by atoms with E-state index in [0.717, 1.165) is 6.42 Å². The molecule has 11 heteroatoms. The third-order valence-electron chi connectivity index (χ3n) is 8.03. The number of hydrogen-bond acceptors (Lipinski definition) is 9. The van der Waals surface area contributed by atoms with E-state index >= 15 is 0 Å². The van der Waals surface area contributed by atoms with Crippen LogP contribution in [0.4, 0.5) is 10.5 Å². The highest BCUT2D eigenvalue weighted by molar-refractivity contribution is 6.31. The Labute approximate surface area is 219 Å². The maximum Gasteiger partial charge on any atom is 0.411 e. The molecule has 2 fully saturated rings. The number of nitrogens with two attached hydrogens (primary N) is 1. The van der Waals surface area contributed by atoms with Crippen LogP contribution < -0.4 is 11.1 Å². The van der Waals surface area contributed by atoms with Crippen LogP contribution in [-0.4, -0.2) is 57.6 Å². The average Bonchev–Trinajstić information content (AvgIpc) is 2.82. The highest BCUT2D eigenvalue weighted by Crippen LogP contribution is 2.51. The summed E-state index contributed by atoms with van der Waals surface area (Å²) in [6.45, 7) is 5.85. The predicted molar refractivity (Wildman–Crippen MR) is 132 cm³/mol. The Hall–Kier alpha value is -3.60. The van der Waals surface area contributed by atoms with Crippen molar-refractivity contribution in [2.45, 2.75) is 64.4 Å². The summed E-state index contributed by atoms with van der Waals surface area (Å²) in [6, 6.07) is 1.57. The average molecular weight is 529 g/mol. The molecule has 0 saturated heterocycles. The van der Waals surface area contributed by atoms with E-state index in [4.69, 9.17) is 10.5 Å². The van der Waals surface area contributed by atoms with Crippen LogP contribution in [0.3, 0.4) is 0 Å². The molecule has 3 aliphatic rings. The first-order valence-corrected chi connectivity index (χ1v) is 12.8. The van der Waals surface area contributed by atoms with Gasteiger partial charge in [0.25, 0.3) is 0 Å². The van der Waals surface area contributed by atoms with E-state index in [-0.39, 0.29) is 36.6 Å². The number of hydrogen-bond donors (Lipinski definition) is 4. The number of amides is 2. The zero-order valence-electron chi connectivity index (χ0n) is 21.5. The Morgan fingerprint density at radius 1 is 1.18 bits per heavy atom. The Morgan fingerprint density at radius 2 is 1.87 bits per heavy atom. The Morgan fingerprint density at radius 3 is 2.47 bits per heavy atom. The van der Waals surface area contributed by atoms with Crippen molar-refractivity contribution in [1.29, 1.82) is 0 Å². The van der Waals surface area contributed by atoms with Gasteiger partial charge in [-0.15, -0.1) is 0 Å². The second-order valence-electron chi connectivity index (χ2n) is 10.7. The SMILES string of the molecule is CCCCOC(=O)Nc1cc(C(C)C)c2c(c1O)C(=O)C1C(=O)[C@]3(O)C(=O)C(C(N)=O)C(=O)C[C@@H]3C[C@@H]1C2. The van der Waals surface area contributed by atoms with Gasteiger partial charge in [0.2, 0.25) is 5.91 Å². The number of ether oxygens (including phenoxy) is 1. The fourth-order valence-electron chi connectivity index (χ4n) is 6.13. The highest BCUT2D eigenvalue weighted by Gasteiger charge is 2.66. The van der Waals surface area contributed by atoms with Gasteiger partial charge < -0.3 is 20.7 Å². The minimum absolute atomic E-state index is 0.0170. The van der Waals surface area contributed by atoms with Crippen LogP contribution in [0.1, 0.15) is 73.9 Å². The summed E-state index contributed by atoms with van der Waals surface area (Å²) < 4.78 is 5.10. The summed E-state index contributed by atoms with van der Waals surface area (Å²) >= 11 is 0. The molecule has 4 rings (SSSR count). The first-order chi connectivity index (χ1) is 17.8. The predicted octanol–water partition coefficient (Wildman–Crippen LogP) is 1.80. The van der Waals surface area contributed by atoms with Crippen molar-refractivity contribution in [3.8, 4) is 5.75 Å². The molecular formula is C27H32N2O9. The number of ketones is 4. The molecule has 0 aromatic heterocycles. The first-order valence-electron chi connectivity index (χ1n) is 12.8. The fraction of sp³-hybridized carbons (Fsp3) is 0.556. The lowest BCUT2D eigenvalue weighted by molar-refractivity contribution is -0.175. The normalized spacial score (nSPS) is 28.4. The quantitative estimate of drug-likeness (QED) is 0.242. The van der Waals surface area contributed by atoms with Crippen molar-refractivity contribution < 1.29 is 43.7 Å². The second kappa shape index (κ2) is 9.94. The minimum atomic E-state index is -2.71. The summed E-state index contributed by atoms with van der Waals surface area (Å²) in [5, 5.41) is 24.8. The molecular weight excluding hydrogens is 496 g/mol. The number of nitrogens with one attached hydrogen (secondary N) is 1. The molecule has 11 nitrogen and oxygen atoms in total. The molecule has 204 valence electrons. The zero-order valence-corrected chi connectivity index (χ0v) is 21.5. The maximum absolute atomic E-state index is 13.8. The molecule has 2 saturated carbocycles. The van der Waals surface area contributed by atoms with Crippen molar-refractivity contribution in [1.82, 2.24) is 0 Å². The number of benzene rings is 1. The van der Waals surface area contributed by atoms with E-state index in [9.17, 15) is 39.0 Å². The maximum atomic E-state index is 13.8. The van der Waals surface area contributed by atoms with Gasteiger partial charge in [0, 0.05) is 12.3 Å². The van der Waals surface area contributed by atoms with Crippen molar-refractivity contribution in [2.24, 2.45) is 29.4 Å². The van der Waals surface area contributed by atoms with Crippen molar-refractivity contribution in [2.75, 3.05) is 11.9 Å². The van der Waals surface area contributed by atoms with Crippen molar-refractivity contribution in [3.63, 3.8) is 0 Å².